The van der Waals surface area contributed by atoms with Crippen LogP contribution in [0.3, 0.4) is 0 Å². The Hall–Kier alpha value is -1.72. The van der Waals surface area contributed by atoms with Gasteiger partial charge in [-0.05, 0) is 6.92 Å². The average Bonchev–Trinajstić information content (AvgIpc) is 2.05. The molecule has 2 amide bonds. The van der Waals surface area contributed by atoms with E-state index in [0.717, 1.165) is 0 Å². The van der Waals surface area contributed by atoms with Gasteiger partial charge in [0.1, 0.15) is 0 Å². The van der Waals surface area contributed by atoms with Crippen molar-refractivity contribution in [3.8, 4) is 0 Å². The zero-order valence-corrected chi connectivity index (χ0v) is 6.83. The van der Waals surface area contributed by atoms with Crippen LogP contribution >= 0.6 is 0 Å². The van der Waals surface area contributed by atoms with Gasteiger partial charge in [0.2, 0.25) is 0 Å². The number of hydrogen-bond acceptors (Lipinski definition) is 4. The Labute approximate surface area is 70.3 Å². The summed E-state index contributed by atoms with van der Waals surface area (Å²) >= 11 is 0. The summed E-state index contributed by atoms with van der Waals surface area (Å²) in [6.45, 7) is 7.78. The molecule has 0 aliphatic heterocycles. The maximum absolute atomic E-state index is 10.2. The number of carbonyl (C=O) groups is 2. The standard InChI is InChI=1S/C4H8N2O4.C2H4/c1-2-9-4(8)10-6-3(5)7;1-2/h2H2,1H3,(H3,5,6,7);1-2H2. The van der Waals surface area contributed by atoms with Crippen LogP contribution in [0.1, 0.15) is 6.92 Å². The fourth-order valence-corrected chi connectivity index (χ4v) is 0.239. The third-order valence-electron chi connectivity index (χ3n) is 0.497. The van der Waals surface area contributed by atoms with Crippen LogP contribution in [0.4, 0.5) is 9.59 Å². The Morgan fingerprint density at radius 3 is 2.33 bits per heavy atom. The van der Waals surface area contributed by atoms with Gasteiger partial charge in [-0.2, -0.15) is 5.48 Å². The molecule has 0 aliphatic rings. The Morgan fingerprint density at radius 1 is 1.50 bits per heavy atom. The predicted octanol–water partition coefficient (Wildman–Crippen LogP) is 0.545. The van der Waals surface area contributed by atoms with Gasteiger partial charge >= 0.3 is 12.2 Å². The van der Waals surface area contributed by atoms with E-state index in [-0.39, 0.29) is 6.61 Å². The number of nitrogens with two attached hydrogens (primary N) is 1. The van der Waals surface area contributed by atoms with Crippen molar-refractivity contribution in [1.82, 2.24) is 5.48 Å². The molecular formula is C6H12N2O4. The second-order valence-electron chi connectivity index (χ2n) is 1.25. The molecule has 0 aromatic carbocycles. The van der Waals surface area contributed by atoms with E-state index in [2.05, 4.69) is 28.5 Å². The van der Waals surface area contributed by atoms with Crippen LogP contribution in [0.15, 0.2) is 13.2 Å². The Kier molecular flexibility index (Phi) is 9.99. The molecule has 6 heteroatoms. The zero-order valence-electron chi connectivity index (χ0n) is 6.83. The molecule has 0 unspecified atom stereocenters. The number of primary amides is 1. The molecule has 0 saturated carbocycles. The number of hydrogen-bond donors (Lipinski definition) is 2. The molecule has 0 spiro atoms. The number of hydroxylamine groups is 1. The molecule has 6 nitrogen and oxygen atoms in total. The van der Waals surface area contributed by atoms with Crippen molar-refractivity contribution in [2.75, 3.05) is 6.61 Å². The van der Waals surface area contributed by atoms with E-state index >= 15 is 0 Å². The first kappa shape index (κ1) is 12.9. The van der Waals surface area contributed by atoms with Crippen molar-refractivity contribution in [3.05, 3.63) is 13.2 Å². The Balaban J connectivity index is 0. The van der Waals surface area contributed by atoms with E-state index in [9.17, 15) is 9.59 Å². The summed E-state index contributed by atoms with van der Waals surface area (Å²) in [6, 6.07) is -0.951. The molecule has 0 bridgehead atoms. The van der Waals surface area contributed by atoms with Gasteiger partial charge in [-0.25, -0.2) is 9.59 Å². The van der Waals surface area contributed by atoms with Gasteiger partial charge in [-0.15, -0.1) is 13.2 Å². The van der Waals surface area contributed by atoms with Gasteiger partial charge in [0, 0.05) is 0 Å². The summed E-state index contributed by atoms with van der Waals surface area (Å²) in [4.78, 5) is 24.1. The Morgan fingerprint density at radius 2 is 2.00 bits per heavy atom. The maximum atomic E-state index is 10.2. The summed E-state index contributed by atoms with van der Waals surface area (Å²) in [5, 5.41) is 0. The van der Waals surface area contributed by atoms with E-state index in [1.807, 2.05) is 0 Å². The van der Waals surface area contributed by atoms with Gasteiger partial charge in [-0.3, -0.25) is 0 Å². The van der Waals surface area contributed by atoms with Crippen molar-refractivity contribution < 1.29 is 19.2 Å². The van der Waals surface area contributed by atoms with E-state index in [1.165, 1.54) is 0 Å². The number of rotatable bonds is 1. The second kappa shape index (κ2) is 9.28. The predicted molar refractivity (Wildman–Crippen MR) is 42.1 cm³/mol. The van der Waals surface area contributed by atoms with Gasteiger partial charge in [0.05, 0.1) is 6.61 Å². The number of urea groups is 1. The smallest absolute Gasteiger partial charge is 0.433 e. The number of amides is 2. The first-order chi connectivity index (χ1) is 5.66. The Bertz CT molecular complexity index is 148. The second-order valence-corrected chi connectivity index (χ2v) is 1.25. The lowest BCUT2D eigenvalue weighted by atomic mass is 10.9. The summed E-state index contributed by atoms with van der Waals surface area (Å²) in [5.41, 5.74) is 6.15. The van der Waals surface area contributed by atoms with Crippen molar-refractivity contribution in [2.24, 2.45) is 5.73 Å². The van der Waals surface area contributed by atoms with Gasteiger partial charge in [-0.1, -0.05) is 0 Å². The molecule has 12 heavy (non-hydrogen) atoms. The lowest BCUT2D eigenvalue weighted by Crippen LogP contribution is -2.32. The lowest BCUT2D eigenvalue weighted by Gasteiger charge is -2.00. The van der Waals surface area contributed by atoms with E-state index in [0.29, 0.717) is 0 Å². The molecule has 0 aromatic heterocycles. The summed E-state index contributed by atoms with van der Waals surface area (Å²) in [6.07, 6.45) is -0.985. The van der Waals surface area contributed by atoms with Gasteiger partial charge < -0.3 is 15.3 Å². The van der Waals surface area contributed by atoms with E-state index in [4.69, 9.17) is 0 Å². The van der Waals surface area contributed by atoms with Crippen molar-refractivity contribution in [2.45, 2.75) is 6.92 Å². The highest BCUT2D eigenvalue weighted by Gasteiger charge is 2.02. The fourth-order valence-electron chi connectivity index (χ4n) is 0.239. The van der Waals surface area contributed by atoms with Crippen LogP contribution < -0.4 is 11.2 Å². The molecule has 0 aromatic rings. The number of carbonyl (C=O) groups excluding carboxylic acids is 2. The summed E-state index contributed by atoms with van der Waals surface area (Å²) in [5.74, 6) is 0. The summed E-state index contributed by atoms with van der Waals surface area (Å²) < 4.78 is 4.26. The molecule has 0 atom stereocenters. The normalized spacial score (nSPS) is 7.08. The maximum Gasteiger partial charge on any atom is 0.533 e. The average molecular weight is 176 g/mol. The third-order valence-corrected chi connectivity index (χ3v) is 0.497. The fraction of sp³-hybridized carbons (Fsp3) is 0.333. The SMILES string of the molecule is C=C.CCOC(=O)ONC(N)=O. The third kappa shape index (κ3) is 11.1. The van der Waals surface area contributed by atoms with Crippen LogP contribution in [0, 0.1) is 0 Å². The van der Waals surface area contributed by atoms with Crippen LogP contribution in [-0.4, -0.2) is 18.8 Å². The largest absolute Gasteiger partial charge is 0.533 e. The monoisotopic (exact) mass is 176 g/mol. The minimum atomic E-state index is -0.985. The first-order valence-corrected chi connectivity index (χ1v) is 3.06. The quantitative estimate of drug-likeness (QED) is 0.346. The molecule has 0 fully saturated rings. The number of nitrogens with one attached hydrogen (secondary N) is 1. The zero-order chi connectivity index (χ0) is 9.98. The number of ether oxygens (including phenoxy) is 1. The van der Waals surface area contributed by atoms with Crippen LogP contribution in [0.2, 0.25) is 0 Å². The van der Waals surface area contributed by atoms with E-state index in [1.54, 1.807) is 12.4 Å². The molecule has 0 aliphatic carbocycles. The molecule has 0 saturated heterocycles. The first-order valence-electron chi connectivity index (χ1n) is 3.06. The van der Waals surface area contributed by atoms with Gasteiger partial charge in [0.25, 0.3) is 0 Å². The van der Waals surface area contributed by atoms with Crippen LogP contribution in [0.25, 0.3) is 0 Å². The lowest BCUT2D eigenvalue weighted by molar-refractivity contribution is 0.0315. The van der Waals surface area contributed by atoms with Crippen molar-refractivity contribution >= 4 is 12.2 Å². The molecule has 0 radical (unpaired) electrons. The topological polar surface area (TPSA) is 90.7 Å². The highest BCUT2D eigenvalue weighted by Crippen LogP contribution is 1.79. The van der Waals surface area contributed by atoms with Crippen LogP contribution in [0.5, 0.6) is 0 Å². The molecular weight excluding hydrogens is 164 g/mol. The summed E-state index contributed by atoms with van der Waals surface area (Å²) in [7, 11) is 0. The highest BCUT2D eigenvalue weighted by atomic mass is 16.8. The molecule has 70 valence electrons. The molecule has 0 rings (SSSR count). The van der Waals surface area contributed by atoms with E-state index < -0.39 is 12.2 Å². The van der Waals surface area contributed by atoms with Crippen LogP contribution in [-0.2, 0) is 9.57 Å². The highest BCUT2D eigenvalue weighted by molar-refractivity contribution is 5.72. The van der Waals surface area contributed by atoms with Gasteiger partial charge in [0.15, 0.2) is 0 Å². The minimum absolute atomic E-state index is 0.180. The molecule has 3 N–H and O–H groups in total. The minimum Gasteiger partial charge on any atom is -0.433 e. The van der Waals surface area contributed by atoms with Crippen molar-refractivity contribution in [3.63, 3.8) is 0 Å². The van der Waals surface area contributed by atoms with Crippen molar-refractivity contribution in [1.29, 1.82) is 0 Å². The molecule has 0 heterocycles.